The second kappa shape index (κ2) is 5.52. The molecule has 0 aromatic carbocycles. The first kappa shape index (κ1) is 11.7. The maximum atomic E-state index is 4.30. The molecule has 0 saturated heterocycles. The number of hydrogen-bond donors (Lipinski definition) is 1. The molecule has 2 heterocycles. The number of aryl methyl sites for hydroxylation is 1. The van der Waals surface area contributed by atoms with Crippen LogP contribution < -0.4 is 5.32 Å². The lowest BCUT2D eigenvalue weighted by Gasteiger charge is -2.10. The molecule has 5 heteroatoms. The van der Waals surface area contributed by atoms with Gasteiger partial charge in [-0.3, -0.25) is 0 Å². The average molecular weight is 253 g/mol. The normalized spacial score (nSPS) is 12.9. The van der Waals surface area contributed by atoms with Gasteiger partial charge in [0, 0.05) is 23.0 Å². The van der Waals surface area contributed by atoms with Crippen LogP contribution >= 0.6 is 22.7 Å². The van der Waals surface area contributed by atoms with Gasteiger partial charge >= 0.3 is 0 Å². The van der Waals surface area contributed by atoms with Crippen LogP contribution in [0.25, 0.3) is 0 Å². The Morgan fingerprint density at radius 3 is 2.88 bits per heavy atom. The van der Waals surface area contributed by atoms with Crippen molar-refractivity contribution in [1.82, 2.24) is 15.3 Å². The molecule has 0 bridgehead atoms. The van der Waals surface area contributed by atoms with Crippen molar-refractivity contribution in [1.29, 1.82) is 0 Å². The van der Waals surface area contributed by atoms with Crippen LogP contribution in [-0.4, -0.2) is 16.5 Å². The number of aromatic nitrogens is 2. The minimum absolute atomic E-state index is 0.341. The molecule has 0 amide bonds. The summed E-state index contributed by atoms with van der Waals surface area (Å²) >= 11 is 3.43. The third-order valence-electron chi connectivity index (χ3n) is 2.47. The Labute approximate surface area is 104 Å². The van der Waals surface area contributed by atoms with E-state index in [4.69, 9.17) is 0 Å². The van der Waals surface area contributed by atoms with Gasteiger partial charge in [0.2, 0.25) is 0 Å². The topological polar surface area (TPSA) is 37.8 Å². The standard InChI is InChI=1S/C11H15N3S2/c1-8-10(16-7-14-8)3-4-12-9(2)11-13-5-6-15-11/h5-7,9,12H,3-4H2,1-2H3. The summed E-state index contributed by atoms with van der Waals surface area (Å²) in [6.45, 7) is 5.19. The lowest BCUT2D eigenvalue weighted by Crippen LogP contribution is -2.21. The van der Waals surface area contributed by atoms with E-state index in [0.717, 1.165) is 23.7 Å². The van der Waals surface area contributed by atoms with Crippen LogP contribution in [0.5, 0.6) is 0 Å². The second-order valence-electron chi connectivity index (χ2n) is 3.66. The number of thiazole rings is 2. The van der Waals surface area contributed by atoms with Crippen molar-refractivity contribution in [3.05, 3.63) is 32.7 Å². The highest BCUT2D eigenvalue weighted by molar-refractivity contribution is 7.09. The lowest BCUT2D eigenvalue weighted by molar-refractivity contribution is 0.575. The largest absolute Gasteiger partial charge is 0.308 e. The van der Waals surface area contributed by atoms with E-state index in [2.05, 4.69) is 29.1 Å². The summed E-state index contributed by atoms with van der Waals surface area (Å²) in [7, 11) is 0. The molecule has 0 fully saturated rings. The third kappa shape index (κ3) is 2.87. The Hall–Kier alpha value is -0.780. The van der Waals surface area contributed by atoms with E-state index in [0.29, 0.717) is 6.04 Å². The summed E-state index contributed by atoms with van der Waals surface area (Å²) in [6, 6.07) is 0.341. The van der Waals surface area contributed by atoms with Crippen molar-refractivity contribution in [2.24, 2.45) is 0 Å². The molecule has 0 aliphatic carbocycles. The predicted molar refractivity (Wildman–Crippen MR) is 69.1 cm³/mol. The molecule has 2 rings (SSSR count). The Morgan fingerprint density at radius 2 is 2.25 bits per heavy atom. The SMILES string of the molecule is Cc1ncsc1CCNC(C)c1nccs1. The molecule has 2 aromatic rings. The Balaban J connectivity index is 1.78. The Kier molecular flexibility index (Phi) is 4.04. The van der Waals surface area contributed by atoms with Crippen LogP contribution in [0, 0.1) is 6.92 Å². The number of nitrogens with one attached hydrogen (secondary N) is 1. The first-order valence-corrected chi connectivity index (χ1v) is 7.05. The van der Waals surface area contributed by atoms with E-state index in [1.165, 1.54) is 4.88 Å². The van der Waals surface area contributed by atoms with Gasteiger partial charge in [0.25, 0.3) is 0 Å². The van der Waals surface area contributed by atoms with Gasteiger partial charge in [0.1, 0.15) is 5.01 Å². The van der Waals surface area contributed by atoms with Crippen molar-refractivity contribution in [3.8, 4) is 0 Å². The van der Waals surface area contributed by atoms with Gasteiger partial charge in [-0.2, -0.15) is 0 Å². The number of rotatable bonds is 5. The summed E-state index contributed by atoms with van der Waals surface area (Å²) in [4.78, 5) is 9.91. The number of hydrogen-bond acceptors (Lipinski definition) is 5. The highest BCUT2D eigenvalue weighted by atomic mass is 32.1. The number of nitrogens with zero attached hydrogens (tertiary/aromatic N) is 2. The van der Waals surface area contributed by atoms with Gasteiger partial charge in [0.15, 0.2) is 0 Å². The molecule has 1 N–H and O–H groups in total. The Morgan fingerprint density at radius 1 is 1.38 bits per heavy atom. The van der Waals surface area contributed by atoms with Gasteiger partial charge in [-0.1, -0.05) is 0 Å². The summed E-state index contributed by atoms with van der Waals surface area (Å²) in [5.41, 5.74) is 3.07. The average Bonchev–Trinajstić information content (AvgIpc) is 2.90. The molecule has 0 radical (unpaired) electrons. The molecule has 0 aliphatic heterocycles. The van der Waals surface area contributed by atoms with E-state index < -0.39 is 0 Å². The summed E-state index contributed by atoms with van der Waals surface area (Å²) in [6.07, 6.45) is 2.90. The van der Waals surface area contributed by atoms with Crippen molar-refractivity contribution < 1.29 is 0 Å². The predicted octanol–water partition coefficient (Wildman–Crippen LogP) is 2.80. The molecule has 1 atom stereocenters. The van der Waals surface area contributed by atoms with Gasteiger partial charge in [-0.25, -0.2) is 9.97 Å². The van der Waals surface area contributed by atoms with E-state index in [1.807, 2.05) is 17.1 Å². The van der Waals surface area contributed by atoms with E-state index >= 15 is 0 Å². The minimum atomic E-state index is 0.341. The molecule has 0 spiro atoms. The second-order valence-corrected chi connectivity index (χ2v) is 5.52. The smallest absolute Gasteiger partial charge is 0.109 e. The maximum Gasteiger partial charge on any atom is 0.109 e. The summed E-state index contributed by atoms with van der Waals surface area (Å²) < 4.78 is 0. The lowest BCUT2D eigenvalue weighted by atomic mass is 10.3. The first-order valence-electron chi connectivity index (χ1n) is 5.29. The summed E-state index contributed by atoms with van der Waals surface area (Å²) in [5, 5.41) is 6.65. The molecule has 3 nitrogen and oxygen atoms in total. The zero-order valence-electron chi connectivity index (χ0n) is 9.43. The van der Waals surface area contributed by atoms with Crippen LogP contribution in [-0.2, 0) is 6.42 Å². The van der Waals surface area contributed by atoms with Gasteiger partial charge in [0.05, 0.1) is 17.2 Å². The van der Waals surface area contributed by atoms with Gasteiger partial charge in [-0.15, -0.1) is 22.7 Å². The molecule has 1 unspecified atom stereocenters. The minimum Gasteiger partial charge on any atom is -0.308 e. The molecule has 86 valence electrons. The zero-order valence-corrected chi connectivity index (χ0v) is 11.1. The molecule has 2 aromatic heterocycles. The highest BCUT2D eigenvalue weighted by Crippen LogP contribution is 2.16. The van der Waals surface area contributed by atoms with Crippen LogP contribution in [0.15, 0.2) is 17.1 Å². The Bertz CT molecular complexity index is 422. The van der Waals surface area contributed by atoms with Gasteiger partial charge in [-0.05, 0) is 20.3 Å². The van der Waals surface area contributed by atoms with Crippen molar-refractivity contribution in [2.75, 3.05) is 6.54 Å². The first-order chi connectivity index (χ1) is 7.77. The van der Waals surface area contributed by atoms with E-state index in [9.17, 15) is 0 Å². The monoisotopic (exact) mass is 253 g/mol. The molecular weight excluding hydrogens is 238 g/mol. The molecule has 0 aliphatic rings. The zero-order chi connectivity index (χ0) is 11.4. The fraction of sp³-hybridized carbons (Fsp3) is 0.455. The maximum absolute atomic E-state index is 4.30. The van der Waals surface area contributed by atoms with E-state index in [-0.39, 0.29) is 0 Å². The van der Waals surface area contributed by atoms with Crippen LogP contribution in [0.4, 0.5) is 0 Å². The van der Waals surface area contributed by atoms with Crippen molar-refractivity contribution >= 4 is 22.7 Å². The van der Waals surface area contributed by atoms with E-state index in [1.54, 1.807) is 22.7 Å². The van der Waals surface area contributed by atoms with Crippen molar-refractivity contribution in [2.45, 2.75) is 26.3 Å². The molecular formula is C11H15N3S2. The third-order valence-corrected chi connectivity index (χ3v) is 4.42. The van der Waals surface area contributed by atoms with Crippen molar-refractivity contribution in [3.63, 3.8) is 0 Å². The molecule has 0 saturated carbocycles. The van der Waals surface area contributed by atoms with Gasteiger partial charge < -0.3 is 5.32 Å². The van der Waals surface area contributed by atoms with Crippen LogP contribution in [0.2, 0.25) is 0 Å². The molecule has 16 heavy (non-hydrogen) atoms. The van der Waals surface area contributed by atoms with Crippen LogP contribution in [0.3, 0.4) is 0 Å². The van der Waals surface area contributed by atoms with Crippen LogP contribution in [0.1, 0.15) is 28.5 Å². The highest BCUT2D eigenvalue weighted by Gasteiger charge is 2.07. The fourth-order valence-electron chi connectivity index (χ4n) is 1.50. The fourth-order valence-corrected chi connectivity index (χ4v) is 2.96. The summed E-state index contributed by atoms with van der Waals surface area (Å²) in [5.74, 6) is 0. The quantitative estimate of drug-likeness (QED) is 0.890.